The summed E-state index contributed by atoms with van der Waals surface area (Å²) in [5, 5.41) is 25.2. The third-order valence-electron chi connectivity index (χ3n) is 5.30. The lowest BCUT2D eigenvalue weighted by Crippen LogP contribution is -2.32. The molecule has 0 bridgehead atoms. The van der Waals surface area contributed by atoms with Crippen LogP contribution in [0.5, 0.6) is 0 Å². The van der Waals surface area contributed by atoms with Crippen molar-refractivity contribution in [2.45, 2.75) is 49.1 Å². The number of thioether (sulfide) groups is 1. The van der Waals surface area contributed by atoms with E-state index in [1.54, 1.807) is 17.1 Å². The Labute approximate surface area is 176 Å². The van der Waals surface area contributed by atoms with Gasteiger partial charge in [0.15, 0.2) is 28.4 Å². The molecule has 0 aliphatic carbocycles. The molecule has 5 rings (SSSR count). The van der Waals surface area contributed by atoms with Crippen LogP contribution < -0.4 is 5.32 Å². The molecule has 2 aliphatic heterocycles. The summed E-state index contributed by atoms with van der Waals surface area (Å²) in [6, 6.07) is 0.176. The van der Waals surface area contributed by atoms with Gasteiger partial charge in [-0.1, -0.05) is 11.8 Å². The Hall–Kier alpha value is -2.25. The van der Waals surface area contributed by atoms with E-state index in [1.165, 1.54) is 18.1 Å². The van der Waals surface area contributed by atoms with Crippen molar-refractivity contribution in [1.29, 1.82) is 0 Å². The summed E-state index contributed by atoms with van der Waals surface area (Å²) in [7, 11) is 0. The first-order chi connectivity index (χ1) is 14.6. The standard InChI is InChI=1S/C18H23N7O4S/c1-9-4-19-18(23-9)30-6-11-13(26)14(27)17(29-11)25-8-22-12-15(20-7-21-16(12)25)24-10-2-3-28-5-10/h4,7-8,10-11,13-14,17,26-27H,2-3,5-6H2,1H3,(H,19,23)(H,20,21,24)/t10-,11+,13-,14-,17+/m0/s1. The summed E-state index contributed by atoms with van der Waals surface area (Å²) in [6.07, 6.45) is 2.14. The largest absolute Gasteiger partial charge is 0.387 e. The van der Waals surface area contributed by atoms with Crippen molar-refractivity contribution in [3.63, 3.8) is 0 Å². The van der Waals surface area contributed by atoms with E-state index in [4.69, 9.17) is 9.47 Å². The molecule has 0 aromatic carbocycles. The molecule has 4 N–H and O–H groups in total. The fourth-order valence-corrected chi connectivity index (χ4v) is 4.66. The van der Waals surface area contributed by atoms with E-state index in [0.717, 1.165) is 23.9 Å². The third kappa shape index (κ3) is 3.65. The molecule has 12 heteroatoms. The molecule has 0 amide bonds. The van der Waals surface area contributed by atoms with Gasteiger partial charge in [-0.2, -0.15) is 0 Å². The summed E-state index contributed by atoms with van der Waals surface area (Å²) in [5.41, 5.74) is 2.07. The number of hydrogen-bond donors (Lipinski definition) is 4. The highest BCUT2D eigenvalue weighted by molar-refractivity contribution is 7.99. The van der Waals surface area contributed by atoms with Gasteiger partial charge >= 0.3 is 0 Å². The van der Waals surface area contributed by atoms with Crippen LogP contribution in [0.4, 0.5) is 5.82 Å². The van der Waals surface area contributed by atoms with Crippen molar-refractivity contribution < 1.29 is 19.7 Å². The third-order valence-corrected chi connectivity index (χ3v) is 6.28. The predicted octanol–water partition coefficient (Wildman–Crippen LogP) is 0.470. The average molecular weight is 433 g/mol. The fraction of sp³-hybridized carbons (Fsp3) is 0.556. The molecule has 30 heavy (non-hydrogen) atoms. The van der Waals surface area contributed by atoms with Crippen LogP contribution in [0, 0.1) is 6.92 Å². The summed E-state index contributed by atoms with van der Waals surface area (Å²) in [4.78, 5) is 20.4. The highest BCUT2D eigenvalue weighted by Crippen LogP contribution is 2.34. The van der Waals surface area contributed by atoms with E-state index in [1.807, 2.05) is 6.92 Å². The van der Waals surface area contributed by atoms with Crippen LogP contribution in [0.2, 0.25) is 0 Å². The SMILES string of the molecule is Cc1cnc(SC[C@H]2O[C@@H](n3cnc4c(N[C@H]5CCOC5)ncnc43)[C@@H](O)[C@H]2O)[nH]1. The quantitative estimate of drug-likeness (QED) is 0.405. The average Bonchev–Trinajstić information content (AvgIpc) is 3.52. The second-order valence-corrected chi connectivity index (χ2v) is 8.49. The summed E-state index contributed by atoms with van der Waals surface area (Å²) < 4.78 is 13.0. The molecule has 3 aromatic heterocycles. The first-order valence-corrected chi connectivity index (χ1v) is 10.8. The molecule has 160 valence electrons. The maximum absolute atomic E-state index is 10.6. The van der Waals surface area contributed by atoms with Crippen molar-refractivity contribution >= 4 is 28.7 Å². The van der Waals surface area contributed by atoms with Gasteiger partial charge in [0.05, 0.1) is 25.1 Å². The van der Waals surface area contributed by atoms with Crippen LogP contribution in [-0.2, 0) is 9.47 Å². The molecule has 3 aromatic rings. The fourth-order valence-electron chi connectivity index (χ4n) is 3.71. The second-order valence-electron chi connectivity index (χ2n) is 7.48. The van der Waals surface area contributed by atoms with E-state index >= 15 is 0 Å². The summed E-state index contributed by atoms with van der Waals surface area (Å²) in [6.45, 7) is 3.27. The number of nitrogens with zero attached hydrogens (tertiary/aromatic N) is 5. The first kappa shape index (κ1) is 19.7. The molecule has 0 unspecified atom stereocenters. The smallest absolute Gasteiger partial charge is 0.167 e. The number of ether oxygens (including phenoxy) is 2. The van der Waals surface area contributed by atoms with Crippen molar-refractivity contribution in [2.24, 2.45) is 0 Å². The molecule has 0 radical (unpaired) electrons. The van der Waals surface area contributed by atoms with Gasteiger partial charge in [0.1, 0.15) is 18.5 Å². The Morgan fingerprint density at radius 1 is 1.27 bits per heavy atom. The highest BCUT2D eigenvalue weighted by Gasteiger charge is 2.44. The van der Waals surface area contributed by atoms with Crippen molar-refractivity contribution in [3.8, 4) is 0 Å². The van der Waals surface area contributed by atoms with E-state index in [-0.39, 0.29) is 6.04 Å². The number of anilines is 1. The van der Waals surface area contributed by atoms with Gasteiger partial charge in [-0.25, -0.2) is 19.9 Å². The van der Waals surface area contributed by atoms with E-state index in [0.29, 0.717) is 29.3 Å². The molecule has 2 saturated heterocycles. The number of aromatic amines is 1. The molecular formula is C18H23N7O4S. The zero-order valence-corrected chi connectivity index (χ0v) is 17.1. The number of H-pyrrole nitrogens is 1. The zero-order valence-electron chi connectivity index (χ0n) is 16.3. The Morgan fingerprint density at radius 2 is 2.17 bits per heavy atom. The molecular weight excluding hydrogens is 410 g/mol. The lowest BCUT2D eigenvalue weighted by molar-refractivity contribution is -0.0289. The predicted molar refractivity (Wildman–Crippen MR) is 108 cm³/mol. The zero-order chi connectivity index (χ0) is 20.7. The van der Waals surface area contributed by atoms with Gasteiger partial charge in [0.2, 0.25) is 0 Å². The molecule has 2 aliphatic rings. The monoisotopic (exact) mass is 433 g/mol. The van der Waals surface area contributed by atoms with Crippen LogP contribution in [0.1, 0.15) is 18.3 Å². The lowest BCUT2D eigenvalue weighted by Gasteiger charge is -2.17. The van der Waals surface area contributed by atoms with Crippen molar-refractivity contribution in [3.05, 3.63) is 24.5 Å². The molecule has 5 heterocycles. The van der Waals surface area contributed by atoms with Gasteiger partial charge in [0, 0.05) is 24.3 Å². The van der Waals surface area contributed by atoms with Crippen LogP contribution in [0.15, 0.2) is 24.0 Å². The van der Waals surface area contributed by atoms with Gasteiger partial charge < -0.3 is 30.0 Å². The number of nitrogens with one attached hydrogen (secondary N) is 2. The maximum atomic E-state index is 10.6. The lowest BCUT2D eigenvalue weighted by atomic mass is 10.1. The maximum Gasteiger partial charge on any atom is 0.167 e. The number of imidazole rings is 2. The Morgan fingerprint density at radius 3 is 2.93 bits per heavy atom. The molecule has 2 fully saturated rings. The minimum absolute atomic E-state index is 0.176. The normalized spacial score (nSPS) is 29.1. The van der Waals surface area contributed by atoms with Crippen molar-refractivity contribution in [1.82, 2.24) is 29.5 Å². The number of aliphatic hydroxyl groups is 2. The summed E-state index contributed by atoms with van der Waals surface area (Å²) in [5.74, 6) is 1.06. The van der Waals surface area contributed by atoms with Crippen LogP contribution in [0.3, 0.4) is 0 Å². The highest BCUT2D eigenvalue weighted by atomic mass is 32.2. The second kappa shape index (κ2) is 8.12. The first-order valence-electron chi connectivity index (χ1n) is 9.78. The number of rotatable bonds is 6. The minimum Gasteiger partial charge on any atom is -0.387 e. The minimum atomic E-state index is -1.11. The van der Waals surface area contributed by atoms with Crippen LogP contribution in [0.25, 0.3) is 11.2 Å². The number of hydrogen-bond acceptors (Lipinski definition) is 10. The number of aromatic nitrogens is 6. The van der Waals surface area contributed by atoms with Crippen molar-refractivity contribution in [2.75, 3.05) is 24.3 Å². The van der Waals surface area contributed by atoms with Gasteiger partial charge in [-0.3, -0.25) is 4.57 Å². The molecule has 5 atom stereocenters. The molecule has 0 spiro atoms. The van der Waals surface area contributed by atoms with Gasteiger partial charge in [0.25, 0.3) is 0 Å². The van der Waals surface area contributed by atoms with Crippen LogP contribution >= 0.6 is 11.8 Å². The number of aliphatic hydroxyl groups excluding tert-OH is 2. The van der Waals surface area contributed by atoms with E-state index < -0.39 is 24.5 Å². The number of aryl methyl sites for hydroxylation is 1. The Balaban J connectivity index is 1.34. The molecule has 11 nitrogen and oxygen atoms in total. The molecule has 0 saturated carbocycles. The Kier molecular flexibility index (Phi) is 5.33. The van der Waals surface area contributed by atoms with Gasteiger partial charge in [-0.15, -0.1) is 0 Å². The number of fused-ring (bicyclic) bond motifs is 1. The Bertz CT molecular complexity index is 1020. The van der Waals surface area contributed by atoms with E-state index in [2.05, 4.69) is 30.2 Å². The van der Waals surface area contributed by atoms with Gasteiger partial charge in [-0.05, 0) is 13.3 Å². The van der Waals surface area contributed by atoms with Crippen LogP contribution in [-0.4, -0.2) is 83.0 Å². The topological polar surface area (TPSA) is 143 Å². The summed E-state index contributed by atoms with van der Waals surface area (Å²) >= 11 is 1.43. The van der Waals surface area contributed by atoms with E-state index in [9.17, 15) is 10.2 Å².